The highest BCUT2D eigenvalue weighted by atomic mass is 32.2. The first-order chi connectivity index (χ1) is 14.1. The number of nitrogens with zero attached hydrogens (tertiary/aromatic N) is 1. The van der Waals surface area contributed by atoms with E-state index in [1.165, 1.54) is 0 Å². The van der Waals surface area contributed by atoms with Crippen LogP contribution in [0, 0.1) is 31.1 Å². The second-order valence-electron chi connectivity index (χ2n) is 8.38. The number of allylic oxidation sites excluding steroid dienone is 4. The standard InChI is InChI=1S/C25H28N2O2S/c1-16(2)14-23-22(15-26)24(20-10-6-17(3)7-11-20)25(19(5)27-23)30(28,29)21-12-8-18(4)9-13-21/h6-13,16,24,27H,14H2,1-5H3. The Kier molecular flexibility index (Phi) is 6.19. The summed E-state index contributed by atoms with van der Waals surface area (Å²) in [6.07, 6.45) is 0.681. The van der Waals surface area contributed by atoms with Crippen molar-refractivity contribution in [1.82, 2.24) is 5.32 Å². The van der Waals surface area contributed by atoms with Crippen molar-refractivity contribution < 1.29 is 8.42 Å². The lowest BCUT2D eigenvalue weighted by atomic mass is 9.85. The first-order valence-electron chi connectivity index (χ1n) is 10.1. The van der Waals surface area contributed by atoms with E-state index in [2.05, 4.69) is 25.2 Å². The first-order valence-corrected chi connectivity index (χ1v) is 11.6. The number of nitriles is 1. The molecule has 0 amide bonds. The third-order valence-corrected chi connectivity index (χ3v) is 7.36. The Hall–Kier alpha value is -2.84. The van der Waals surface area contributed by atoms with Crippen molar-refractivity contribution in [2.24, 2.45) is 5.92 Å². The van der Waals surface area contributed by atoms with Gasteiger partial charge in [-0.1, -0.05) is 61.4 Å². The highest BCUT2D eigenvalue weighted by Crippen LogP contribution is 2.43. The molecular formula is C25H28N2O2S. The van der Waals surface area contributed by atoms with Crippen LogP contribution in [-0.2, 0) is 9.84 Å². The van der Waals surface area contributed by atoms with E-state index in [4.69, 9.17) is 0 Å². The van der Waals surface area contributed by atoms with Gasteiger partial charge in [0.1, 0.15) is 0 Å². The van der Waals surface area contributed by atoms with E-state index in [1.807, 2.05) is 38.1 Å². The van der Waals surface area contributed by atoms with Crippen molar-refractivity contribution >= 4 is 9.84 Å². The van der Waals surface area contributed by atoms with Crippen LogP contribution in [0.1, 0.15) is 49.8 Å². The molecule has 2 aromatic carbocycles. The molecule has 4 nitrogen and oxygen atoms in total. The Labute approximate surface area is 179 Å². The Bertz CT molecular complexity index is 1150. The summed E-state index contributed by atoms with van der Waals surface area (Å²) in [5.41, 5.74) is 4.75. The second-order valence-corrected chi connectivity index (χ2v) is 10.3. The zero-order valence-electron chi connectivity index (χ0n) is 18.2. The van der Waals surface area contributed by atoms with Crippen molar-refractivity contribution in [2.75, 3.05) is 0 Å². The molecule has 0 aliphatic carbocycles. The topological polar surface area (TPSA) is 70.0 Å². The molecule has 30 heavy (non-hydrogen) atoms. The number of hydrogen-bond acceptors (Lipinski definition) is 4. The van der Waals surface area contributed by atoms with E-state index in [0.29, 0.717) is 23.6 Å². The van der Waals surface area contributed by atoms with Crippen molar-refractivity contribution in [3.8, 4) is 6.07 Å². The van der Waals surface area contributed by atoms with Gasteiger partial charge in [-0.15, -0.1) is 0 Å². The van der Waals surface area contributed by atoms with Gasteiger partial charge in [-0.25, -0.2) is 8.42 Å². The Morgan fingerprint density at radius 1 is 0.967 bits per heavy atom. The second kappa shape index (κ2) is 8.49. The van der Waals surface area contributed by atoms with Crippen LogP contribution in [0.2, 0.25) is 0 Å². The van der Waals surface area contributed by atoms with Crippen molar-refractivity contribution in [1.29, 1.82) is 5.26 Å². The third kappa shape index (κ3) is 4.20. The van der Waals surface area contributed by atoms with Gasteiger partial charge in [-0.3, -0.25) is 0 Å². The quantitative estimate of drug-likeness (QED) is 0.691. The molecule has 0 radical (unpaired) electrons. The predicted molar refractivity (Wildman–Crippen MR) is 120 cm³/mol. The van der Waals surface area contributed by atoms with Gasteiger partial charge in [0.05, 0.1) is 27.4 Å². The van der Waals surface area contributed by atoms with Gasteiger partial charge in [0, 0.05) is 11.4 Å². The van der Waals surface area contributed by atoms with E-state index < -0.39 is 15.8 Å². The average Bonchev–Trinajstić information content (AvgIpc) is 2.68. The van der Waals surface area contributed by atoms with E-state index in [1.54, 1.807) is 31.2 Å². The first kappa shape index (κ1) is 21.9. The smallest absolute Gasteiger partial charge is 0.205 e. The molecular weight excluding hydrogens is 392 g/mol. The van der Waals surface area contributed by atoms with E-state index in [9.17, 15) is 13.7 Å². The maximum Gasteiger partial charge on any atom is 0.205 e. The number of sulfone groups is 1. The summed E-state index contributed by atoms with van der Waals surface area (Å²) in [4.78, 5) is 0.491. The maximum atomic E-state index is 13.7. The molecule has 156 valence electrons. The molecule has 1 N–H and O–H groups in total. The van der Waals surface area contributed by atoms with Crippen LogP contribution in [0.15, 0.2) is 75.3 Å². The molecule has 1 aliphatic rings. The minimum absolute atomic E-state index is 0.242. The fourth-order valence-electron chi connectivity index (χ4n) is 3.86. The Morgan fingerprint density at radius 3 is 2.00 bits per heavy atom. The highest BCUT2D eigenvalue weighted by molar-refractivity contribution is 7.95. The summed E-state index contributed by atoms with van der Waals surface area (Å²) in [6, 6.07) is 17.0. The summed E-state index contributed by atoms with van der Waals surface area (Å²) in [7, 11) is -3.80. The molecule has 1 atom stereocenters. The number of benzene rings is 2. The van der Waals surface area contributed by atoms with Crippen LogP contribution < -0.4 is 5.32 Å². The van der Waals surface area contributed by atoms with E-state index in [-0.39, 0.29) is 9.80 Å². The number of rotatable bonds is 5. The van der Waals surface area contributed by atoms with E-state index in [0.717, 1.165) is 22.4 Å². The molecule has 1 unspecified atom stereocenters. The van der Waals surface area contributed by atoms with Crippen molar-refractivity contribution in [3.05, 3.63) is 87.1 Å². The van der Waals surface area contributed by atoms with Gasteiger partial charge in [0.2, 0.25) is 9.84 Å². The Morgan fingerprint density at radius 2 is 1.50 bits per heavy atom. The van der Waals surface area contributed by atoms with Gasteiger partial charge in [-0.05, 0) is 50.8 Å². The molecule has 0 bridgehead atoms. The number of dihydropyridines is 1. The minimum atomic E-state index is -3.80. The summed E-state index contributed by atoms with van der Waals surface area (Å²) >= 11 is 0. The zero-order valence-corrected chi connectivity index (χ0v) is 19.0. The fourth-order valence-corrected chi connectivity index (χ4v) is 5.62. The largest absolute Gasteiger partial charge is 0.361 e. The summed E-state index contributed by atoms with van der Waals surface area (Å²) in [6.45, 7) is 9.87. The Balaban J connectivity index is 2.25. The molecule has 5 heteroatoms. The van der Waals surface area contributed by atoms with Crippen molar-refractivity contribution in [2.45, 2.75) is 51.9 Å². The van der Waals surface area contributed by atoms with Crippen LogP contribution in [0.4, 0.5) is 0 Å². The lowest BCUT2D eigenvalue weighted by Gasteiger charge is -2.31. The molecule has 0 saturated carbocycles. The van der Waals surface area contributed by atoms with Gasteiger partial charge in [0.15, 0.2) is 0 Å². The molecule has 2 aromatic rings. The van der Waals surface area contributed by atoms with Crippen LogP contribution in [0.5, 0.6) is 0 Å². The summed E-state index contributed by atoms with van der Waals surface area (Å²) in [5.74, 6) is -0.297. The summed E-state index contributed by atoms with van der Waals surface area (Å²) < 4.78 is 27.4. The van der Waals surface area contributed by atoms with Crippen molar-refractivity contribution in [3.63, 3.8) is 0 Å². The zero-order chi connectivity index (χ0) is 22.1. The van der Waals surface area contributed by atoms with Gasteiger partial charge in [-0.2, -0.15) is 5.26 Å². The highest BCUT2D eigenvalue weighted by Gasteiger charge is 2.38. The van der Waals surface area contributed by atoms with Gasteiger partial charge >= 0.3 is 0 Å². The number of aryl methyl sites for hydroxylation is 2. The number of nitrogens with one attached hydrogen (secondary N) is 1. The van der Waals surface area contributed by atoms with Gasteiger partial charge < -0.3 is 5.32 Å². The van der Waals surface area contributed by atoms with Crippen LogP contribution in [0.25, 0.3) is 0 Å². The maximum absolute atomic E-state index is 13.7. The molecule has 0 aromatic heterocycles. The minimum Gasteiger partial charge on any atom is -0.361 e. The fraction of sp³-hybridized carbons (Fsp3) is 0.320. The molecule has 1 heterocycles. The van der Waals surface area contributed by atoms with Crippen LogP contribution in [0.3, 0.4) is 0 Å². The average molecular weight is 421 g/mol. The molecule has 1 aliphatic heterocycles. The van der Waals surface area contributed by atoms with E-state index >= 15 is 0 Å². The molecule has 0 spiro atoms. The predicted octanol–water partition coefficient (Wildman–Crippen LogP) is 5.52. The normalized spacial score (nSPS) is 17.2. The molecule has 3 rings (SSSR count). The van der Waals surface area contributed by atoms with Crippen LogP contribution in [-0.4, -0.2) is 8.42 Å². The third-order valence-electron chi connectivity index (χ3n) is 5.35. The van der Waals surface area contributed by atoms with Crippen LogP contribution >= 0.6 is 0 Å². The number of hydrogen-bond donors (Lipinski definition) is 1. The SMILES string of the molecule is CC1=C(S(=O)(=O)c2ccc(C)cc2)C(c2ccc(C)cc2)C(C#N)=C(CC(C)C)N1. The lowest BCUT2D eigenvalue weighted by Crippen LogP contribution is -2.29. The summed E-state index contributed by atoms with van der Waals surface area (Å²) in [5, 5.41) is 13.3. The van der Waals surface area contributed by atoms with Gasteiger partial charge in [0.25, 0.3) is 0 Å². The molecule has 0 saturated heterocycles. The monoisotopic (exact) mass is 420 g/mol. The lowest BCUT2D eigenvalue weighted by molar-refractivity contribution is 0.588. The molecule has 0 fully saturated rings.